The number of aryl methyl sites for hydroxylation is 2. The van der Waals surface area contributed by atoms with E-state index in [4.69, 9.17) is 17.9 Å². The molecule has 0 unspecified atom stereocenters. The molecule has 0 fully saturated rings. The molecule has 8 heteroatoms. The van der Waals surface area contributed by atoms with Crippen LogP contribution < -0.4 is 25.0 Å². The van der Waals surface area contributed by atoms with E-state index in [0.29, 0.717) is 28.2 Å². The van der Waals surface area contributed by atoms with E-state index in [9.17, 15) is 5.48 Å². The molecule has 0 amide bonds. The summed E-state index contributed by atoms with van der Waals surface area (Å²) in [5.74, 6) is 1.55. The van der Waals surface area contributed by atoms with Crippen molar-refractivity contribution in [3.05, 3.63) is 217 Å². The van der Waals surface area contributed by atoms with Crippen LogP contribution in [0.15, 0.2) is 182 Å². The van der Waals surface area contributed by atoms with Gasteiger partial charge in [0.15, 0.2) is 0 Å². The molecule has 4 heterocycles. The third-order valence-corrected chi connectivity index (χ3v) is 13.1. The van der Waals surface area contributed by atoms with Gasteiger partial charge in [0, 0.05) is 50.0 Å². The maximum absolute atomic E-state index is 9.21. The van der Waals surface area contributed by atoms with Gasteiger partial charge in [0.25, 0.3) is 6.33 Å². The second-order valence-corrected chi connectivity index (χ2v) is 18.3. The van der Waals surface area contributed by atoms with Crippen LogP contribution in [0.2, 0.25) is 0 Å². The number of pyridine rings is 1. The van der Waals surface area contributed by atoms with E-state index in [1.54, 1.807) is 22.8 Å². The molecule has 0 radical (unpaired) electrons. The standard InChI is InChI=1S/C61H48BN5O.Pt/c1-40-18-15-19-41(2)58(40)62-51-33-31-46(68-45-30-32-50-49-24-13-14-27-52(49)67(55(50)37-45)57-36-44(34-35-63-57)61(3,4)5)38-56(51)66-39-65(54-29-17-28-53(60(54)66)64(62)6)59-47(42-20-9-7-10-21-42)25-16-26-48(59)43-22-11-8-12-23-43;/h7-36H,1-6H3;/q-2;/i7D,8D,9D,10D,11D,12D,20D,21D,22D,23D;. The molecule has 0 saturated carbocycles. The van der Waals surface area contributed by atoms with Gasteiger partial charge in [0.2, 0.25) is 6.85 Å². The fraction of sp³-hybridized carbons (Fsp3) is 0.115. The summed E-state index contributed by atoms with van der Waals surface area (Å²) in [4.78, 5) is 7.06. The molecule has 0 N–H and O–H groups in total. The van der Waals surface area contributed by atoms with Gasteiger partial charge in [0.1, 0.15) is 11.3 Å². The number of anilines is 1. The largest absolute Gasteiger partial charge is 0.510 e. The Labute approximate surface area is 432 Å². The van der Waals surface area contributed by atoms with Gasteiger partial charge in [-0.25, -0.2) is 4.98 Å². The minimum absolute atomic E-state index is 0. The van der Waals surface area contributed by atoms with Crippen LogP contribution in [0.25, 0.3) is 72.3 Å². The fourth-order valence-electron chi connectivity index (χ4n) is 9.90. The summed E-state index contributed by atoms with van der Waals surface area (Å²) < 4.78 is 101. The first-order chi connectivity index (χ1) is 37.3. The number of hydrogen-bond donors (Lipinski definition) is 0. The number of fused-ring (bicyclic) bond motifs is 5. The van der Waals surface area contributed by atoms with Crippen LogP contribution >= 0.6 is 0 Å². The first-order valence-corrected chi connectivity index (χ1v) is 22.5. The third-order valence-electron chi connectivity index (χ3n) is 13.1. The molecule has 3 aromatic heterocycles. The fourth-order valence-corrected chi connectivity index (χ4v) is 9.90. The zero-order valence-corrected chi connectivity index (χ0v) is 40.9. The molecule has 0 atom stereocenters. The van der Waals surface area contributed by atoms with Gasteiger partial charge in [-0.05, 0) is 89.5 Å². The van der Waals surface area contributed by atoms with Crippen LogP contribution in [0, 0.1) is 32.3 Å². The number of rotatable bonds is 7. The first-order valence-electron chi connectivity index (χ1n) is 27.5. The van der Waals surface area contributed by atoms with Crippen molar-refractivity contribution in [1.29, 1.82) is 0 Å². The minimum Gasteiger partial charge on any atom is -0.510 e. The van der Waals surface area contributed by atoms with E-state index >= 15 is 0 Å². The number of hydrogen-bond acceptors (Lipinski definition) is 3. The summed E-state index contributed by atoms with van der Waals surface area (Å²) in [5, 5.41) is 2.02. The molecule has 12 rings (SSSR count). The monoisotopic (exact) mass is 1080 g/mol. The summed E-state index contributed by atoms with van der Waals surface area (Å²) in [6, 6.07) is 39.0. The zero-order valence-electron chi connectivity index (χ0n) is 48.6. The predicted octanol–water partition coefficient (Wildman–Crippen LogP) is 12.4. The van der Waals surface area contributed by atoms with E-state index < -0.39 is 60.4 Å². The Morgan fingerprint density at radius 2 is 1.35 bits per heavy atom. The van der Waals surface area contributed by atoms with E-state index in [1.807, 2.05) is 84.5 Å². The predicted molar refractivity (Wildman–Crippen MR) is 279 cm³/mol. The quantitative estimate of drug-likeness (QED) is 0.0907. The smallest absolute Gasteiger partial charge is 0.268 e. The molecule has 0 bridgehead atoms. The Morgan fingerprint density at radius 3 is 2.06 bits per heavy atom. The molecule has 1 aliphatic heterocycles. The number of benzene rings is 8. The van der Waals surface area contributed by atoms with E-state index in [2.05, 4.69) is 92.8 Å². The molecule has 11 aromatic rings. The van der Waals surface area contributed by atoms with Crippen molar-refractivity contribution in [1.82, 2.24) is 14.1 Å². The number of ether oxygens (including phenoxy) is 1. The van der Waals surface area contributed by atoms with Crippen molar-refractivity contribution in [2.75, 3.05) is 11.9 Å². The maximum atomic E-state index is 9.21. The molecule has 69 heavy (non-hydrogen) atoms. The first kappa shape index (κ1) is 33.9. The van der Waals surface area contributed by atoms with Crippen LogP contribution in [0.4, 0.5) is 5.69 Å². The second kappa shape index (κ2) is 17.2. The van der Waals surface area contributed by atoms with Crippen LogP contribution in [0.3, 0.4) is 0 Å². The van der Waals surface area contributed by atoms with Gasteiger partial charge in [0.05, 0.1) is 24.9 Å². The van der Waals surface area contributed by atoms with Crippen LogP contribution in [0.1, 0.15) is 51.2 Å². The van der Waals surface area contributed by atoms with E-state index in [0.717, 1.165) is 60.9 Å². The molecule has 0 aliphatic carbocycles. The normalized spacial score (nSPS) is 14.3. The summed E-state index contributed by atoms with van der Waals surface area (Å²) in [5.41, 5.74) is 9.54. The van der Waals surface area contributed by atoms with Crippen molar-refractivity contribution in [2.24, 2.45) is 0 Å². The van der Waals surface area contributed by atoms with Gasteiger partial charge in [-0.2, -0.15) is 12.1 Å². The van der Waals surface area contributed by atoms with Crippen molar-refractivity contribution >= 4 is 56.3 Å². The van der Waals surface area contributed by atoms with Crippen molar-refractivity contribution in [3.8, 4) is 50.9 Å². The molecule has 0 saturated heterocycles. The molecular weight excluding hydrogens is 1020 g/mol. The summed E-state index contributed by atoms with van der Waals surface area (Å²) in [7, 11) is 2.03. The summed E-state index contributed by atoms with van der Waals surface area (Å²) in [6.45, 7) is 10.4. The Balaban J connectivity index is 0.00000660. The summed E-state index contributed by atoms with van der Waals surface area (Å²) in [6.07, 6.45) is 5.45. The maximum Gasteiger partial charge on any atom is 0.268 e. The van der Waals surface area contributed by atoms with Gasteiger partial charge < -0.3 is 18.7 Å². The molecule has 8 aromatic carbocycles. The average Bonchev–Trinajstić information content (AvgIpc) is 4.19. The van der Waals surface area contributed by atoms with Gasteiger partial charge in [-0.1, -0.05) is 170 Å². The van der Waals surface area contributed by atoms with Crippen LogP contribution in [-0.4, -0.2) is 28.0 Å². The minimum atomic E-state index is -0.575. The zero-order chi connectivity index (χ0) is 55.0. The molecule has 338 valence electrons. The van der Waals surface area contributed by atoms with E-state index in [1.165, 1.54) is 0 Å². The van der Waals surface area contributed by atoms with Crippen LogP contribution in [-0.2, 0) is 26.5 Å². The molecule has 0 spiro atoms. The molecular formula is C61H48BN5OPt-2. The number of aromatic nitrogens is 4. The van der Waals surface area contributed by atoms with E-state index in [-0.39, 0.29) is 61.3 Å². The van der Waals surface area contributed by atoms with Crippen molar-refractivity contribution in [3.63, 3.8) is 0 Å². The summed E-state index contributed by atoms with van der Waals surface area (Å²) >= 11 is 0. The van der Waals surface area contributed by atoms with Crippen molar-refractivity contribution < 1.29 is 44.1 Å². The average molecular weight is 1080 g/mol. The van der Waals surface area contributed by atoms with Gasteiger partial charge in [-0.3, -0.25) is 4.57 Å². The van der Waals surface area contributed by atoms with Gasteiger partial charge >= 0.3 is 0 Å². The van der Waals surface area contributed by atoms with Crippen LogP contribution in [0.5, 0.6) is 11.5 Å². The molecule has 1 aliphatic rings. The van der Waals surface area contributed by atoms with Crippen molar-refractivity contribution in [2.45, 2.75) is 40.0 Å². The number of imidazole rings is 1. The Bertz CT molecular complexity index is 4220. The SMILES string of the molecule is [2H]c1c([2H])c([2H])c(-c2cccc(-c3c([2H])c([2H])c([2H])c([2H])c3[2H])c2-[n+]2[c-]n3c4c(cccc42)N(C)B(c2c(C)cccc2C)c2ccc(Oc4[c-]c5c(cc4)c4ccccc4n5-c4cc(C(C)(C)C)ccn4)[c-]c2-3)c([2H])c1[2H].[Pt]. The Kier molecular flexibility index (Phi) is 8.48. The van der Waals surface area contributed by atoms with Gasteiger partial charge in [-0.15, -0.1) is 35.1 Å². The second-order valence-electron chi connectivity index (χ2n) is 18.3. The number of nitrogens with zero attached hydrogens (tertiary/aromatic N) is 5. The Morgan fingerprint density at radius 1 is 0.696 bits per heavy atom. The Hall–Kier alpha value is -7.47. The topological polar surface area (TPSA) is 39.1 Å². The number of para-hydroxylation sites is 3. The molecule has 6 nitrogen and oxygen atoms in total. The third kappa shape index (κ3) is 7.39.